The van der Waals surface area contributed by atoms with Crippen LogP contribution in [0, 0.1) is 5.92 Å². The van der Waals surface area contributed by atoms with Crippen molar-refractivity contribution in [2.75, 3.05) is 7.05 Å². The zero-order chi connectivity index (χ0) is 10.7. The number of nitrogens with one attached hydrogen (secondary N) is 1. The van der Waals surface area contributed by atoms with Gasteiger partial charge in [-0.25, -0.2) is 0 Å². The maximum absolute atomic E-state index is 10.4. The summed E-state index contributed by atoms with van der Waals surface area (Å²) in [5, 5.41) is 2.53. The van der Waals surface area contributed by atoms with Crippen molar-refractivity contribution < 1.29 is 4.79 Å². The van der Waals surface area contributed by atoms with Crippen molar-refractivity contribution in [3.8, 4) is 0 Å². The average molecular weight is 187 g/mol. The molecular weight excluding hydrogens is 162 g/mol. The monoisotopic (exact) mass is 187 g/mol. The highest BCUT2D eigenvalue weighted by atomic mass is 16.1. The van der Waals surface area contributed by atoms with Gasteiger partial charge in [0.1, 0.15) is 0 Å². The van der Waals surface area contributed by atoms with E-state index >= 15 is 0 Å². The molecule has 0 unspecified atom stereocenters. The molecule has 1 fully saturated rings. The first kappa shape index (κ1) is 15.0. The van der Waals surface area contributed by atoms with Gasteiger partial charge in [-0.1, -0.05) is 53.4 Å². The average Bonchev–Trinajstić information content (AvgIpc) is 2.90. The van der Waals surface area contributed by atoms with Crippen molar-refractivity contribution in [3.63, 3.8) is 0 Å². The third kappa shape index (κ3) is 24.6. The standard InChI is InChI=1S/C5H11NO.C3H6.C3H8/c1-4(2)5(7)6-3;1-2-3-1;1-3-2/h4H,1-3H3,(H,6,7);1-3H2;3H2,1-2H3. The van der Waals surface area contributed by atoms with E-state index in [1.165, 1.54) is 25.7 Å². The van der Waals surface area contributed by atoms with Crippen molar-refractivity contribution in [3.05, 3.63) is 0 Å². The summed E-state index contributed by atoms with van der Waals surface area (Å²) in [5.41, 5.74) is 0. The van der Waals surface area contributed by atoms with Crippen LogP contribution in [0.2, 0.25) is 0 Å². The van der Waals surface area contributed by atoms with Crippen molar-refractivity contribution >= 4 is 5.91 Å². The van der Waals surface area contributed by atoms with Crippen LogP contribution in [0.25, 0.3) is 0 Å². The molecule has 1 aliphatic carbocycles. The van der Waals surface area contributed by atoms with Gasteiger partial charge in [-0.05, 0) is 0 Å². The molecule has 0 radical (unpaired) electrons. The van der Waals surface area contributed by atoms with Crippen LogP contribution < -0.4 is 5.32 Å². The van der Waals surface area contributed by atoms with Gasteiger partial charge in [-0.2, -0.15) is 0 Å². The van der Waals surface area contributed by atoms with Gasteiger partial charge in [0.25, 0.3) is 0 Å². The summed E-state index contributed by atoms with van der Waals surface area (Å²) in [6, 6.07) is 0. The summed E-state index contributed by atoms with van der Waals surface area (Å²) < 4.78 is 0. The minimum atomic E-state index is 0.0972. The molecule has 0 aromatic rings. The van der Waals surface area contributed by atoms with Gasteiger partial charge in [0.15, 0.2) is 0 Å². The lowest BCUT2D eigenvalue weighted by Gasteiger charge is -1.98. The van der Waals surface area contributed by atoms with Crippen LogP contribution in [-0.4, -0.2) is 13.0 Å². The van der Waals surface area contributed by atoms with E-state index in [2.05, 4.69) is 19.2 Å². The number of amides is 1. The smallest absolute Gasteiger partial charge is 0.222 e. The van der Waals surface area contributed by atoms with Gasteiger partial charge in [-0.15, -0.1) is 0 Å². The van der Waals surface area contributed by atoms with Crippen LogP contribution in [0.5, 0.6) is 0 Å². The Labute approximate surface area is 83.1 Å². The van der Waals surface area contributed by atoms with Gasteiger partial charge >= 0.3 is 0 Å². The molecule has 80 valence electrons. The van der Waals surface area contributed by atoms with Crippen molar-refractivity contribution in [1.29, 1.82) is 0 Å². The fourth-order valence-corrected chi connectivity index (χ4v) is 0.289. The molecular formula is C11H25NO. The Hall–Kier alpha value is -0.530. The van der Waals surface area contributed by atoms with E-state index in [9.17, 15) is 4.79 Å². The number of carbonyl (C=O) groups excluding carboxylic acids is 1. The van der Waals surface area contributed by atoms with E-state index in [0.29, 0.717) is 0 Å². The van der Waals surface area contributed by atoms with Crippen LogP contribution in [-0.2, 0) is 4.79 Å². The number of hydrogen-bond donors (Lipinski definition) is 1. The molecule has 2 nitrogen and oxygen atoms in total. The quantitative estimate of drug-likeness (QED) is 0.672. The molecule has 0 heterocycles. The predicted octanol–water partition coefficient (Wildman–Crippen LogP) is 2.98. The molecule has 2 heteroatoms. The Morgan fingerprint density at radius 2 is 1.54 bits per heavy atom. The van der Waals surface area contributed by atoms with Gasteiger partial charge in [0, 0.05) is 13.0 Å². The van der Waals surface area contributed by atoms with E-state index in [4.69, 9.17) is 0 Å². The predicted molar refractivity (Wildman–Crippen MR) is 58.7 cm³/mol. The molecule has 1 aliphatic rings. The lowest BCUT2D eigenvalue weighted by atomic mass is 10.2. The fraction of sp³-hybridized carbons (Fsp3) is 0.909. The fourth-order valence-electron chi connectivity index (χ4n) is 0.289. The van der Waals surface area contributed by atoms with E-state index in [0.717, 1.165) is 0 Å². The summed E-state index contributed by atoms with van der Waals surface area (Å²) in [6.07, 6.45) is 5.75. The molecule has 1 amide bonds. The lowest BCUT2D eigenvalue weighted by molar-refractivity contribution is -0.123. The maximum Gasteiger partial charge on any atom is 0.222 e. The highest BCUT2D eigenvalue weighted by Gasteiger charge is 2.00. The van der Waals surface area contributed by atoms with Crippen LogP contribution >= 0.6 is 0 Å². The summed E-state index contributed by atoms with van der Waals surface area (Å²) in [6.45, 7) is 7.97. The van der Waals surface area contributed by atoms with Crippen LogP contribution in [0.4, 0.5) is 0 Å². The molecule has 0 saturated heterocycles. The molecule has 0 bridgehead atoms. The zero-order valence-electron chi connectivity index (χ0n) is 9.81. The second-order valence-corrected chi connectivity index (χ2v) is 3.54. The highest BCUT2D eigenvalue weighted by molar-refractivity contribution is 5.77. The SMILES string of the molecule is C1CC1.CCC.CNC(=O)C(C)C. The second kappa shape index (κ2) is 11.5. The van der Waals surface area contributed by atoms with Crippen molar-refractivity contribution in [2.45, 2.75) is 53.4 Å². The molecule has 0 atom stereocenters. The minimum Gasteiger partial charge on any atom is -0.359 e. The van der Waals surface area contributed by atoms with E-state index in [1.54, 1.807) is 7.05 Å². The van der Waals surface area contributed by atoms with Crippen LogP contribution in [0.15, 0.2) is 0 Å². The Morgan fingerprint density at radius 3 is 1.54 bits per heavy atom. The van der Waals surface area contributed by atoms with Crippen molar-refractivity contribution in [2.24, 2.45) is 5.92 Å². The lowest BCUT2D eigenvalue weighted by Crippen LogP contribution is -2.22. The normalized spacial score (nSPS) is 11.8. The van der Waals surface area contributed by atoms with Gasteiger partial charge in [-0.3, -0.25) is 4.79 Å². The minimum absolute atomic E-state index is 0.0972. The molecule has 1 N–H and O–H groups in total. The summed E-state index contributed by atoms with van der Waals surface area (Å²) in [4.78, 5) is 10.4. The maximum atomic E-state index is 10.4. The Kier molecular flexibility index (Phi) is 13.2. The summed E-state index contributed by atoms with van der Waals surface area (Å²) in [5.74, 6) is 0.213. The Morgan fingerprint density at radius 1 is 1.23 bits per heavy atom. The van der Waals surface area contributed by atoms with Gasteiger partial charge in [0.2, 0.25) is 5.91 Å². The third-order valence-electron chi connectivity index (χ3n) is 1.12. The molecule has 1 rings (SSSR count). The van der Waals surface area contributed by atoms with Crippen LogP contribution in [0.1, 0.15) is 53.4 Å². The first-order valence-corrected chi connectivity index (χ1v) is 5.31. The van der Waals surface area contributed by atoms with E-state index < -0.39 is 0 Å². The molecule has 0 aliphatic heterocycles. The largest absolute Gasteiger partial charge is 0.359 e. The number of hydrogen-bond acceptors (Lipinski definition) is 1. The zero-order valence-corrected chi connectivity index (χ0v) is 9.81. The van der Waals surface area contributed by atoms with E-state index in [-0.39, 0.29) is 11.8 Å². The first-order chi connectivity index (χ1) is 6.09. The summed E-state index contributed by atoms with van der Waals surface area (Å²) >= 11 is 0. The van der Waals surface area contributed by atoms with E-state index in [1.807, 2.05) is 13.8 Å². The summed E-state index contributed by atoms with van der Waals surface area (Å²) in [7, 11) is 1.64. The Bertz CT molecular complexity index is 106. The first-order valence-electron chi connectivity index (χ1n) is 5.31. The Balaban J connectivity index is 0. The molecule has 0 aromatic carbocycles. The molecule has 13 heavy (non-hydrogen) atoms. The molecule has 0 aromatic heterocycles. The molecule has 0 spiro atoms. The topological polar surface area (TPSA) is 29.1 Å². The van der Waals surface area contributed by atoms with Crippen LogP contribution in [0.3, 0.4) is 0 Å². The van der Waals surface area contributed by atoms with Crippen molar-refractivity contribution in [1.82, 2.24) is 5.32 Å². The van der Waals surface area contributed by atoms with Gasteiger partial charge < -0.3 is 5.32 Å². The third-order valence-corrected chi connectivity index (χ3v) is 1.12. The number of rotatable bonds is 1. The van der Waals surface area contributed by atoms with Gasteiger partial charge in [0.05, 0.1) is 0 Å². The second-order valence-electron chi connectivity index (χ2n) is 3.54. The molecule has 1 saturated carbocycles. The highest BCUT2D eigenvalue weighted by Crippen LogP contribution is 2.14. The number of carbonyl (C=O) groups is 1.